The van der Waals surface area contributed by atoms with Gasteiger partial charge in [0.05, 0.1) is 29.4 Å². The number of hydrogen-bond acceptors (Lipinski definition) is 7. The fraction of sp³-hybridized carbons (Fsp3) is 0.522. The summed E-state index contributed by atoms with van der Waals surface area (Å²) in [6.45, 7) is 9.13. The van der Waals surface area contributed by atoms with Gasteiger partial charge in [0.1, 0.15) is 18.0 Å². The predicted molar refractivity (Wildman–Crippen MR) is 118 cm³/mol. The number of hydroxylamine groups is 2. The Morgan fingerprint density at radius 3 is 2.72 bits per heavy atom. The number of amides is 1. The normalized spacial score (nSPS) is 17.5. The highest BCUT2D eigenvalue weighted by molar-refractivity contribution is 5.68. The van der Waals surface area contributed by atoms with Crippen LogP contribution in [0.15, 0.2) is 24.5 Å². The zero-order valence-electron chi connectivity index (χ0n) is 19.0. The Morgan fingerprint density at radius 1 is 1.28 bits per heavy atom. The molecule has 1 spiro atoms. The molecule has 8 nitrogen and oxygen atoms in total. The minimum atomic E-state index is -0.328. The summed E-state index contributed by atoms with van der Waals surface area (Å²) in [7, 11) is 0. The molecule has 0 radical (unpaired) electrons. The second-order valence-electron chi connectivity index (χ2n) is 8.72. The van der Waals surface area contributed by atoms with E-state index in [2.05, 4.69) is 15.3 Å². The lowest BCUT2D eigenvalue weighted by atomic mass is 10.1. The predicted octanol–water partition coefficient (Wildman–Crippen LogP) is 4.22. The number of aryl methyl sites for hydroxylation is 1. The molecule has 2 aliphatic rings. The van der Waals surface area contributed by atoms with Gasteiger partial charge in [-0.05, 0) is 57.7 Å². The fourth-order valence-corrected chi connectivity index (χ4v) is 3.85. The molecule has 1 saturated heterocycles. The van der Waals surface area contributed by atoms with Crippen LogP contribution in [0, 0.1) is 12.7 Å². The first-order chi connectivity index (χ1) is 15.3. The van der Waals surface area contributed by atoms with E-state index in [0.29, 0.717) is 42.6 Å². The zero-order valence-corrected chi connectivity index (χ0v) is 19.0. The smallest absolute Gasteiger partial charge is 0.410 e. The summed E-state index contributed by atoms with van der Waals surface area (Å²) in [4.78, 5) is 28.8. The maximum absolute atomic E-state index is 14.4. The summed E-state index contributed by atoms with van der Waals surface area (Å²) in [6, 6.07) is 5.13. The number of aromatic nitrogens is 2. The average Bonchev–Trinajstić information content (AvgIpc) is 3.52. The fourth-order valence-electron chi connectivity index (χ4n) is 3.85. The molecular formula is C23H30FN5O3. The van der Waals surface area contributed by atoms with Gasteiger partial charge in [-0.25, -0.2) is 14.2 Å². The highest BCUT2D eigenvalue weighted by Gasteiger charge is 2.54. The largest absolute Gasteiger partial charge is 0.447 e. The molecule has 1 amide bonds. The summed E-state index contributed by atoms with van der Waals surface area (Å²) >= 11 is 0. The number of halogens is 1. The Hall–Kier alpha value is -2.94. The van der Waals surface area contributed by atoms with Gasteiger partial charge < -0.3 is 19.8 Å². The molecule has 1 saturated carbocycles. The molecule has 172 valence electrons. The van der Waals surface area contributed by atoms with E-state index in [4.69, 9.17) is 9.57 Å². The number of carbonyl (C=O) groups excluding carboxylic acids is 1. The molecule has 1 aromatic heterocycles. The van der Waals surface area contributed by atoms with Crippen molar-refractivity contribution in [2.24, 2.45) is 0 Å². The number of anilines is 2. The molecule has 0 atom stereocenters. The SMILES string of the molecule is CCc1ccc(Nc2ncnc(ON3CCN(C(=O)OC(C)C)CC34CC4)c2C)c(F)c1. The van der Waals surface area contributed by atoms with E-state index in [1.54, 1.807) is 11.0 Å². The van der Waals surface area contributed by atoms with Crippen LogP contribution in [-0.4, -0.2) is 57.3 Å². The van der Waals surface area contributed by atoms with Crippen molar-refractivity contribution in [1.82, 2.24) is 19.9 Å². The van der Waals surface area contributed by atoms with E-state index in [-0.39, 0.29) is 23.6 Å². The first-order valence-electron chi connectivity index (χ1n) is 11.1. The first-order valence-corrected chi connectivity index (χ1v) is 11.1. The number of ether oxygens (including phenoxy) is 1. The molecule has 2 fully saturated rings. The highest BCUT2D eigenvalue weighted by Crippen LogP contribution is 2.45. The van der Waals surface area contributed by atoms with Crippen LogP contribution in [-0.2, 0) is 11.2 Å². The van der Waals surface area contributed by atoms with Crippen LogP contribution < -0.4 is 10.2 Å². The molecular weight excluding hydrogens is 413 g/mol. The van der Waals surface area contributed by atoms with Crippen LogP contribution in [0.5, 0.6) is 5.88 Å². The topological polar surface area (TPSA) is 79.8 Å². The second kappa shape index (κ2) is 8.90. The molecule has 0 unspecified atom stereocenters. The summed E-state index contributed by atoms with van der Waals surface area (Å²) in [5, 5.41) is 4.97. The quantitative estimate of drug-likeness (QED) is 0.716. The lowest BCUT2D eigenvalue weighted by molar-refractivity contribution is -0.140. The third-order valence-corrected chi connectivity index (χ3v) is 5.94. The van der Waals surface area contributed by atoms with Gasteiger partial charge >= 0.3 is 6.09 Å². The second-order valence-corrected chi connectivity index (χ2v) is 8.72. The minimum absolute atomic E-state index is 0.149. The van der Waals surface area contributed by atoms with E-state index in [9.17, 15) is 9.18 Å². The number of benzene rings is 1. The van der Waals surface area contributed by atoms with E-state index < -0.39 is 0 Å². The summed E-state index contributed by atoms with van der Waals surface area (Å²) in [5.74, 6) is 0.575. The van der Waals surface area contributed by atoms with Crippen molar-refractivity contribution >= 4 is 17.6 Å². The zero-order chi connectivity index (χ0) is 22.9. The van der Waals surface area contributed by atoms with Crippen molar-refractivity contribution in [3.05, 3.63) is 41.5 Å². The molecule has 9 heteroatoms. The van der Waals surface area contributed by atoms with Crippen molar-refractivity contribution in [3.8, 4) is 5.88 Å². The van der Waals surface area contributed by atoms with Crippen LogP contribution in [0.1, 0.15) is 44.7 Å². The number of nitrogens with zero attached hydrogens (tertiary/aromatic N) is 4. The highest BCUT2D eigenvalue weighted by atomic mass is 19.1. The molecule has 4 rings (SSSR count). The van der Waals surface area contributed by atoms with Crippen molar-refractivity contribution in [2.45, 2.75) is 58.6 Å². The van der Waals surface area contributed by atoms with Crippen LogP contribution in [0.25, 0.3) is 0 Å². The number of piperazine rings is 1. The van der Waals surface area contributed by atoms with Gasteiger partial charge in [0, 0.05) is 13.1 Å². The first kappa shape index (κ1) is 22.3. The van der Waals surface area contributed by atoms with Crippen LogP contribution >= 0.6 is 0 Å². The van der Waals surface area contributed by atoms with Crippen LogP contribution in [0.3, 0.4) is 0 Å². The Kier molecular flexibility index (Phi) is 6.19. The minimum Gasteiger partial charge on any atom is -0.447 e. The van der Waals surface area contributed by atoms with Crippen LogP contribution in [0.2, 0.25) is 0 Å². The number of nitrogens with one attached hydrogen (secondary N) is 1. The van der Waals surface area contributed by atoms with Gasteiger partial charge in [0.25, 0.3) is 0 Å². The molecule has 1 aromatic carbocycles. The van der Waals surface area contributed by atoms with Crippen LogP contribution in [0.4, 0.5) is 20.7 Å². The van der Waals surface area contributed by atoms with E-state index >= 15 is 0 Å². The van der Waals surface area contributed by atoms with Gasteiger partial charge in [0.2, 0.25) is 5.88 Å². The molecule has 32 heavy (non-hydrogen) atoms. The third-order valence-electron chi connectivity index (χ3n) is 5.94. The third kappa shape index (κ3) is 4.62. The lowest BCUT2D eigenvalue weighted by Gasteiger charge is -2.40. The van der Waals surface area contributed by atoms with E-state index in [0.717, 1.165) is 24.8 Å². The Bertz CT molecular complexity index is 996. The molecule has 0 bridgehead atoms. The van der Waals surface area contributed by atoms with Crippen molar-refractivity contribution in [2.75, 3.05) is 25.0 Å². The lowest BCUT2D eigenvalue weighted by Crippen LogP contribution is -2.57. The maximum atomic E-state index is 14.4. The monoisotopic (exact) mass is 443 g/mol. The molecule has 2 aromatic rings. The van der Waals surface area contributed by atoms with E-state index in [1.165, 1.54) is 12.4 Å². The maximum Gasteiger partial charge on any atom is 0.410 e. The molecule has 1 aliphatic carbocycles. The molecule has 1 N–H and O–H groups in total. The Labute approximate surface area is 187 Å². The van der Waals surface area contributed by atoms with Gasteiger partial charge in [-0.1, -0.05) is 13.0 Å². The number of rotatable bonds is 6. The van der Waals surface area contributed by atoms with E-state index in [1.807, 2.05) is 38.8 Å². The Morgan fingerprint density at radius 2 is 2.06 bits per heavy atom. The Balaban J connectivity index is 1.46. The van der Waals surface area contributed by atoms with Gasteiger partial charge in [-0.15, -0.1) is 5.06 Å². The van der Waals surface area contributed by atoms with Gasteiger partial charge in [-0.2, -0.15) is 4.98 Å². The van der Waals surface area contributed by atoms with Gasteiger partial charge in [0.15, 0.2) is 0 Å². The summed E-state index contributed by atoms with van der Waals surface area (Å²) < 4.78 is 19.8. The standard InChI is InChI=1S/C23H30FN5O3/c1-5-17-6-7-19(18(24)12-17)27-20-16(4)21(26-14-25-20)32-29-11-10-28(13-23(29)8-9-23)22(30)31-15(2)3/h6-7,12,14-15H,5,8-11,13H2,1-4H3,(H,25,26,27). The number of carbonyl (C=O) groups is 1. The molecule has 2 heterocycles. The number of hydrogen-bond donors (Lipinski definition) is 1. The average molecular weight is 444 g/mol. The molecule has 1 aliphatic heterocycles. The summed E-state index contributed by atoms with van der Waals surface area (Å²) in [5.41, 5.74) is 1.75. The van der Waals surface area contributed by atoms with Crippen molar-refractivity contribution in [1.29, 1.82) is 0 Å². The van der Waals surface area contributed by atoms with Crippen molar-refractivity contribution < 1.29 is 18.8 Å². The van der Waals surface area contributed by atoms with Gasteiger partial charge in [-0.3, -0.25) is 0 Å². The van der Waals surface area contributed by atoms with Crippen molar-refractivity contribution in [3.63, 3.8) is 0 Å². The summed E-state index contributed by atoms with van der Waals surface area (Å²) in [6.07, 6.45) is 3.60.